The van der Waals surface area contributed by atoms with Crippen molar-refractivity contribution >= 4 is 21.0 Å². The minimum Gasteiger partial charge on any atom is -0.316 e. The average molecular weight is 333 g/mol. The number of fused-ring (bicyclic) bond motifs is 1. The van der Waals surface area contributed by atoms with Crippen molar-refractivity contribution in [1.82, 2.24) is 4.57 Å². The van der Waals surface area contributed by atoms with Crippen LogP contribution in [-0.4, -0.2) is 25.8 Å². The molecule has 1 heterocycles. The van der Waals surface area contributed by atoms with E-state index >= 15 is 0 Å². The molecular weight excluding hydrogens is 317 g/mol. The van der Waals surface area contributed by atoms with Crippen LogP contribution in [0.1, 0.15) is 5.56 Å². The van der Waals surface area contributed by atoms with Crippen LogP contribution in [0.2, 0.25) is 0 Å². The number of aromatic nitrogens is 1. The van der Waals surface area contributed by atoms with Crippen LogP contribution >= 0.6 is 0 Å². The van der Waals surface area contributed by atoms with Crippen molar-refractivity contribution in [2.75, 3.05) is 12.9 Å². The van der Waals surface area contributed by atoms with Gasteiger partial charge in [0.1, 0.15) is 5.82 Å². The molecule has 0 aliphatic heterocycles. The summed E-state index contributed by atoms with van der Waals surface area (Å²) in [5.41, 5.74) is 2.81. The summed E-state index contributed by atoms with van der Waals surface area (Å²) in [6.07, 6.45) is 3.44. The third-order valence-corrected chi connectivity index (χ3v) is 4.16. The van der Waals surface area contributed by atoms with Crippen molar-refractivity contribution in [2.45, 2.75) is 6.42 Å². The lowest BCUT2D eigenvalue weighted by molar-refractivity contribution is 0.326. The molecule has 0 spiro atoms. The molecule has 0 saturated heterocycles. The number of nitrogens with zero attached hydrogens (tertiary/aromatic N) is 1. The molecule has 2 aromatic carbocycles. The fourth-order valence-electron chi connectivity index (χ4n) is 2.57. The maximum Gasteiger partial charge on any atom is 0.264 e. The van der Waals surface area contributed by atoms with Crippen LogP contribution in [0.15, 0.2) is 54.7 Å². The van der Waals surface area contributed by atoms with Gasteiger partial charge in [0.2, 0.25) is 0 Å². The first-order valence-corrected chi connectivity index (χ1v) is 8.95. The van der Waals surface area contributed by atoms with Crippen molar-refractivity contribution in [1.29, 1.82) is 0 Å². The minimum absolute atomic E-state index is 0.0935. The summed E-state index contributed by atoms with van der Waals surface area (Å²) in [5.74, 6) is -0.285. The highest BCUT2D eigenvalue weighted by molar-refractivity contribution is 7.85. The molecule has 6 heteroatoms. The van der Waals surface area contributed by atoms with Crippen LogP contribution < -0.4 is 0 Å². The third-order valence-electron chi connectivity index (χ3n) is 3.57. The van der Waals surface area contributed by atoms with E-state index in [1.54, 1.807) is 12.1 Å². The van der Waals surface area contributed by atoms with E-state index in [0.29, 0.717) is 6.42 Å². The Balaban J connectivity index is 1.98. The van der Waals surface area contributed by atoms with Gasteiger partial charge in [-0.3, -0.25) is 4.18 Å². The van der Waals surface area contributed by atoms with Gasteiger partial charge >= 0.3 is 0 Å². The maximum absolute atomic E-state index is 13.1. The zero-order valence-corrected chi connectivity index (χ0v) is 13.4. The second kappa shape index (κ2) is 6.14. The number of halogens is 1. The Morgan fingerprint density at radius 1 is 1.09 bits per heavy atom. The van der Waals surface area contributed by atoms with Gasteiger partial charge < -0.3 is 4.57 Å². The molecule has 0 unspecified atom stereocenters. The Labute approximate surface area is 134 Å². The highest BCUT2D eigenvalue weighted by Gasteiger charge is 2.10. The molecule has 4 nitrogen and oxygen atoms in total. The van der Waals surface area contributed by atoms with Gasteiger partial charge in [-0.05, 0) is 42.3 Å². The van der Waals surface area contributed by atoms with Gasteiger partial charge in [0.15, 0.2) is 0 Å². The Hall–Kier alpha value is -2.18. The van der Waals surface area contributed by atoms with Gasteiger partial charge in [-0.25, -0.2) is 4.39 Å². The van der Waals surface area contributed by atoms with E-state index in [2.05, 4.69) is 0 Å². The fourth-order valence-corrected chi connectivity index (χ4v) is 2.95. The van der Waals surface area contributed by atoms with E-state index < -0.39 is 10.1 Å². The summed E-state index contributed by atoms with van der Waals surface area (Å²) >= 11 is 0. The first-order chi connectivity index (χ1) is 10.9. The van der Waals surface area contributed by atoms with Crippen molar-refractivity contribution < 1.29 is 17.0 Å². The largest absolute Gasteiger partial charge is 0.316 e. The van der Waals surface area contributed by atoms with Gasteiger partial charge in [-0.2, -0.15) is 8.42 Å². The summed E-state index contributed by atoms with van der Waals surface area (Å²) in [6.45, 7) is 0.0935. The van der Waals surface area contributed by atoms with E-state index in [0.717, 1.165) is 28.4 Å². The first-order valence-electron chi connectivity index (χ1n) is 7.13. The lowest BCUT2D eigenvalue weighted by Crippen LogP contribution is -2.06. The van der Waals surface area contributed by atoms with Gasteiger partial charge in [0.25, 0.3) is 10.1 Å². The molecule has 0 aliphatic carbocycles. The molecule has 1 aromatic heterocycles. The zero-order chi connectivity index (χ0) is 16.4. The monoisotopic (exact) mass is 333 g/mol. The summed E-state index contributed by atoms with van der Waals surface area (Å²) in [4.78, 5) is 0. The summed E-state index contributed by atoms with van der Waals surface area (Å²) in [5, 5.41) is 1.02. The van der Waals surface area contributed by atoms with Crippen LogP contribution in [-0.2, 0) is 20.7 Å². The smallest absolute Gasteiger partial charge is 0.264 e. The molecular formula is C17H16FNO3S. The standard InChI is InChI=1S/C17H16FNO3S/c1-23(20,21)22-11-10-13-12-19(15-8-6-14(18)7-9-15)17-5-3-2-4-16(13)17/h2-9,12H,10-11H2,1H3. The van der Waals surface area contributed by atoms with Crippen molar-refractivity contribution in [3.05, 3.63) is 66.1 Å². The second-order valence-corrected chi connectivity index (χ2v) is 6.94. The van der Waals surface area contributed by atoms with Gasteiger partial charge in [-0.15, -0.1) is 0 Å². The third kappa shape index (κ3) is 3.60. The Bertz CT molecular complexity index is 930. The lowest BCUT2D eigenvalue weighted by Gasteiger charge is -2.04. The van der Waals surface area contributed by atoms with Crippen LogP contribution in [0.25, 0.3) is 16.6 Å². The Morgan fingerprint density at radius 2 is 1.78 bits per heavy atom. The second-order valence-electron chi connectivity index (χ2n) is 5.29. The van der Waals surface area contributed by atoms with Crippen molar-refractivity contribution in [2.24, 2.45) is 0 Å². The average Bonchev–Trinajstić information content (AvgIpc) is 2.86. The Morgan fingerprint density at radius 3 is 2.48 bits per heavy atom. The predicted octanol–water partition coefficient (Wildman–Crippen LogP) is 3.29. The summed E-state index contributed by atoms with van der Waals surface area (Å²) in [6, 6.07) is 14.0. The van der Waals surface area contributed by atoms with Crippen molar-refractivity contribution in [3.8, 4) is 5.69 Å². The first kappa shape index (κ1) is 15.7. The number of benzene rings is 2. The normalized spacial score (nSPS) is 11.9. The number of hydrogen-bond donors (Lipinski definition) is 0. The molecule has 0 fully saturated rings. The van der Waals surface area contributed by atoms with Crippen LogP contribution in [0.3, 0.4) is 0 Å². The topological polar surface area (TPSA) is 48.3 Å². The molecule has 3 aromatic rings. The number of para-hydroxylation sites is 1. The van der Waals surface area contributed by atoms with Crippen molar-refractivity contribution in [3.63, 3.8) is 0 Å². The minimum atomic E-state index is -3.45. The zero-order valence-electron chi connectivity index (χ0n) is 12.6. The SMILES string of the molecule is CS(=O)(=O)OCCc1cn(-c2ccc(F)cc2)c2ccccc12. The van der Waals surface area contributed by atoms with Gasteiger partial charge in [0.05, 0.1) is 18.4 Å². The highest BCUT2D eigenvalue weighted by atomic mass is 32.2. The van der Waals surface area contributed by atoms with Crippen LogP contribution in [0, 0.1) is 5.82 Å². The molecule has 3 rings (SSSR count). The van der Waals surface area contributed by atoms with E-state index in [4.69, 9.17) is 4.18 Å². The Kier molecular flexibility index (Phi) is 4.19. The van der Waals surface area contributed by atoms with Gasteiger partial charge in [0, 0.05) is 17.3 Å². The predicted molar refractivity (Wildman–Crippen MR) is 87.7 cm³/mol. The molecule has 0 bridgehead atoms. The molecule has 0 amide bonds. The van der Waals surface area contributed by atoms with Crippen LogP contribution in [0.4, 0.5) is 4.39 Å². The van der Waals surface area contributed by atoms with E-state index in [-0.39, 0.29) is 12.4 Å². The molecule has 0 atom stereocenters. The molecule has 0 aliphatic rings. The van der Waals surface area contributed by atoms with Crippen LogP contribution in [0.5, 0.6) is 0 Å². The molecule has 120 valence electrons. The maximum atomic E-state index is 13.1. The molecule has 23 heavy (non-hydrogen) atoms. The van der Waals surface area contributed by atoms with E-state index in [1.807, 2.05) is 35.0 Å². The molecule has 0 radical (unpaired) electrons. The summed E-state index contributed by atoms with van der Waals surface area (Å²) in [7, 11) is -3.45. The fraction of sp³-hybridized carbons (Fsp3) is 0.176. The highest BCUT2D eigenvalue weighted by Crippen LogP contribution is 2.25. The summed E-state index contributed by atoms with van der Waals surface area (Å²) < 4.78 is 42.1. The lowest BCUT2D eigenvalue weighted by atomic mass is 10.1. The van der Waals surface area contributed by atoms with Gasteiger partial charge in [-0.1, -0.05) is 18.2 Å². The number of hydrogen-bond acceptors (Lipinski definition) is 3. The molecule has 0 N–H and O–H groups in total. The van der Waals surface area contributed by atoms with E-state index in [1.165, 1.54) is 12.1 Å². The van der Waals surface area contributed by atoms with E-state index in [9.17, 15) is 12.8 Å². The quantitative estimate of drug-likeness (QED) is 0.673. The molecule has 0 saturated carbocycles. The number of rotatable bonds is 5.